The van der Waals surface area contributed by atoms with Crippen LogP contribution in [0.1, 0.15) is 18.1 Å². The quantitative estimate of drug-likeness (QED) is 0.618. The molecule has 3 rings (SSSR count). The van der Waals surface area contributed by atoms with E-state index in [-0.39, 0.29) is 12.2 Å². The predicted molar refractivity (Wildman–Crippen MR) is 110 cm³/mol. The van der Waals surface area contributed by atoms with Crippen LogP contribution in [0.3, 0.4) is 0 Å². The maximum absolute atomic E-state index is 12.7. The molecule has 2 aromatic carbocycles. The van der Waals surface area contributed by atoms with Crippen molar-refractivity contribution in [2.45, 2.75) is 25.6 Å². The van der Waals surface area contributed by atoms with Gasteiger partial charge in [0.15, 0.2) is 0 Å². The van der Waals surface area contributed by atoms with E-state index in [1.807, 2.05) is 0 Å². The Hall–Kier alpha value is -3.10. The Balaban J connectivity index is 1.83. The number of aromatic nitrogens is 1. The van der Waals surface area contributed by atoms with Crippen molar-refractivity contribution in [1.82, 2.24) is 4.57 Å². The molecule has 0 radical (unpaired) electrons. The Morgan fingerprint density at radius 2 is 1.68 bits per heavy atom. The molecule has 1 heterocycles. The van der Waals surface area contributed by atoms with Crippen LogP contribution in [-0.2, 0) is 6.18 Å². The third-order valence-electron chi connectivity index (χ3n) is 4.78. The van der Waals surface area contributed by atoms with E-state index < -0.39 is 23.9 Å². The summed E-state index contributed by atoms with van der Waals surface area (Å²) in [7, 11) is 0. The van der Waals surface area contributed by atoms with Gasteiger partial charge < -0.3 is 14.9 Å². The Bertz CT molecular complexity index is 1120. The minimum Gasteiger partial charge on any atom is -0.490 e. The summed E-state index contributed by atoms with van der Waals surface area (Å²) in [6.07, 6.45) is -2.86. The summed E-state index contributed by atoms with van der Waals surface area (Å²) in [6, 6.07) is 12.7. The number of hydrogen-bond donors (Lipinski definition) is 2. The number of benzene rings is 2. The van der Waals surface area contributed by atoms with Crippen molar-refractivity contribution < 1.29 is 28.1 Å². The van der Waals surface area contributed by atoms with Gasteiger partial charge in [0.2, 0.25) is 0 Å². The number of rotatable bonds is 6. The van der Waals surface area contributed by atoms with Crippen molar-refractivity contribution >= 4 is 0 Å². The van der Waals surface area contributed by atoms with Gasteiger partial charge in [0.05, 0.1) is 12.2 Å². The number of halogens is 3. The number of pyridine rings is 1. The van der Waals surface area contributed by atoms with Crippen molar-refractivity contribution in [3.05, 3.63) is 82.3 Å². The lowest BCUT2D eigenvalue weighted by Gasteiger charge is -2.21. The lowest BCUT2D eigenvalue weighted by atomic mass is 10.0. The molecule has 0 aliphatic heterocycles. The predicted octanol–water partition coefficient (Wildman–Crippen LogP) is 3.95. The first kappa shape index (κ1) is 22.6. The summed E-state index contributed by atoms with van der Waals surface area (Å²) in [6.45, 7) is 2.71. The van der Waals surface area contributed by atoms with Gasteiger partial charge in [-0.2, -0.15) is 13.2 Å². The summed E-state index contributed by atoms with van der Waals surface area (Å²) < 4.78 is 45.1. The molecule has 0 aliphatic rings. The Labute approximate surface area is 177 Å². The van der Waals surface area contributed by atoms with Gasteiger partial charge >= 0.3 is 6.18 Å². The molecule has 31 heavy (non-hydrogen) atoms. The van der Waals surface area contributed by atoms with E-state index in [9.17, 15) is 23.1 Å². The van der Waals surface area contributed by atoms with Gasteiger partial charge in [0, 0.05) is 18.0 Å². The lowest BCUT2D eigenvalue weighted by molar-refractivity contribution is -0.137. The first-order valence-electron chi connectivity index (χ1n) is 9.47. The average molecular weight is 433 g/mol. The van der Waals surface area contributed by atoms with Crippen LogP contribution in [0.4, 0.5) is 13.2 Å². The van der Waals surface area contributed by atoms with Gasteiger partial charge in [-0.05, 0) is 66.9 Å². The number of nitrogens with zero attached hydrogens (tertiary/aromatic N) is 1. The van der Waals surface area contributed by atoms with E-state index in [0.717, 1.165) is 17.7 Å². The topological polar surface area (TPSA) is 71.7 Å². The third-order valence-corrected chi connectivity index (χ3v) is 4.78. The Morgan fingerprint density at radius 1 is 1.00 bits per heavy atom. The number of hydrogen-bond acceptors (Lipinski definition) is 4. The zero-order valence-corrected chi connectivity index (χ0v) is 17.0. The second kappa shape index (κ2) is 8.56. The third kappa shape index (κ3) is 5.34. The highest BCUT2D eigenvalue weighted by Gasteiger charge is 2.30. The second-order valence-corrected chi connectivity index (χ2v) is 7.59. The van der Waals surface area contributed by atoms with Gasteiger partial charge in [0.1, 0.15) is 18.0 Å². The fourth-order valence-corrected chi connectivity index (χ4v) is 2.95. The van der Waals surface area contributed by atoms with E-state index in [4.69, 9.17) is 9.84 Å². The smallest absolute Gasteiger partial charge is 0.416 e. The number of aryl methyl sites for hydroxylation is 1. The summed E-state index contributed by atoms with van der Waals surface area (Å²) in [5.74, 6) is 0.506. The van der Waals surface area contributed by atoms with Gasteiger partial charge in [-0.1, -0.05) is 12.1 Å². The minimum absolute atomic E-state index is 0.0918. The van der Waals surface area contributed by atoms with E-state index in [2.05, 4.69) is 0 Å². The van der Waals surface area contributed by atoms with E-state index in [1.54, 1.807) is 37.4 Å². The standard InChI is InChI=1S/C23H22F3NO4/c1-15-11-19(7-8-20(15)31-14-22(2,30)13-28)27-10-9-17(12-21(27)29)16-3-5-18(6-4-16)23(24,25)26/h3-12,28,30H,13-14H2,1-2H3. The SMILES string of the molecule is Cc1cc(-n2ccc(-c3ccc(C(F)(F)F)cc3)cc2=O)ccc1OCC(C)(O)CO. The first-order chi connectivity index (χ1) is 14.5. The molecule has 164 valence electrons. The Kier molecular flexibility index (Phi) is 6.24. The molecule has 8 heteroatoms. The van der Waals surface area contributed by atoms with Crippen LogP contribution in [0.2, 0.25) is 0 Å². The van der Waals surface area contributed by atoms with Crippen molar-refractivity contribution in [3.8, 4) is 22.6 Å². The lowest BCUT2D eigenvalue weighted by Crippen LogP contribution is -2.36. The van der Waals surface area contributed by atoms with E-state index in [0.29, 0.717) is 22.6 Å². The molecule has 1 unspecified atom stereocenters. The highest BCUT2D eigenvalue weighted by atomic mass is 19.4. The summed E-state index contributed by atoms with van der Waals surface area (Å²) in [5.41, 5.74) is -0.119. The molecule has 5 nitrogen and oxygen atoms in total. The fraction of sp³-hybridized carbons (Fsp3) is 0.261. The highest BCUT2D eigenvalue weighted by Crippen LogP contribution is 2.31. The zero-order chi connectivity index (χ0) is 22.8. The maximum Gasteiger partial charge on any atom is 0.416 e. The molecule has 0 aliphatic carbocycles. The molecule has 3 aromatic rings. The number of ether oxygens (including phenoxy) is 1. The molecule has 1 aromatic heterocycles. The highest BCUT2D eigenvalue weighted by molar-refractivity contribution is 5.63. The van der Waals surface area contributed by atoms with E-state index in [1.165, 1.54) is 29.7 Å². The summed E-state index contributed by atoms with van der Waals surface area (Å²) in [4.78, 5) is 12.6. The first-order valence-corrected chi connectivity index (χ1v) is 9.47. The normalized spacial score (nSPS) is 13.6. The molecule has 0 saturated heterocycles. The van der Waals surface area contributed by atoms with Crippen molar-refractivity contribution in [3.63, 3.8) is 0 Å². The van der Waals surface area contributed by atoms with Crippen LogP contribution in [0, 0.1) is 6.92 Å². The fourth-order valence-electron chi connectivity index (χ4n) is 2.95. The number of aliphatic hydroxyl groups is 2. The molecular weight excluding hydrogens is 411 g/mol. The largest absolute Gasteiger partial charge is 0.490 e. The van der Waals surface area contributed by atoms with Crippen LogP contribution < -0.4 is 10.3 Å². The van der Waals surface area contributed by atoms with Gasteiger partial charge in [-0.15, -0.1) is 0 Å². The Morgan fingerprint density at radius 3 is 2.23 bits per heavy atom. The molecule has 1 atom stereocenters. The van der Waals surface area contributed by atoms with Crippen molar-refractivity contribution in [2.75, 3.05) is 13.2 Å². The molecule has 0 amide bonds. The molecular formula is C23H22F3NO4. The van der Waals surface area contributed by atoms with Gasteiger partial charge in [-0.3, -0.25) is 9.36 Å². The molecule has 0 saturated carbocycles. The molecule has 0 fully saturated rings. The molecule has 0 spiro atoms. The maximum atomic E-state index is 12.7. The zero-order valence-electron chi connectivity index (χ0n) is 17.0. The van der Waals surface area contributed by atoms with Crippen LogP contribution in [-0.4, -0.2) is 33.6 Å². The molecule has 0 bridgehead atoms. The van der Waals surface area contributed by atoms with Gasteiger partial charge in [0.25, 0.3) is 5.56 Å². The van der Waals surface area contributed by atoms with Crippen molar-refractivity contribution in [2.24, 2.45) is 0 Å². The summed E-state index contributed by atoms with van der Waals surface area (Å²) in [5, 5.41) is 18.9. The molecule has 2 N–H and O–H groups in total. The van der Waals surface area contributed by atoms with Crippen LogP contribution in [0.15, 0.2) is 65.6 Å². The van der Waals surface area contributed by atoms with E-state index >= 15 is 0 Å². The second-order valence-electron chi connectivity index (χ2n) is 7.59. The van der Waals surface area contributed by atoms with Crippen LogP contribution in [0.5, 0.6) is 5.75 Å². The minimum atomic E-state index is -4.41. The average Bonchev–Trinajstić information content (AvgIpc) is 2.72. The number of aliphatic hydroxyl groups excluding tert-OH is 1. The summed E-state index contributed by atoms with van der Waals surface area (Å²) >= 11 is 0. The number of alkyl halides is 3. The van der Waals surface area contributed by atoms with Crippen molar-refractivity contribution in [1.29, 1.82) is 0 Å². The van der Waals surface area contributed by atoms with Gasteiger partial charge in [-0.25, -0.2) is 0 Å². The monoisotopic (exact) mass is 433 g/mol. The van der Waals surface area contributed by atoms with Crippen LogP contribution in [0.25, 0.3) is 16.8 Å². The van der Waals surface area contributed by atoms with Crippen LogP contribution >= 0.6 is 0 Å².